The number of rotatable bonds is 2. The van der Waals surface area contributed by atoms with Gasteiger partial charge >= 0.3 is 0 Å². The van der Waals surface area contributed by atoms with E-state index in [0.717, 1.165) is 10.0 Å². The molecule has 0 saturated carbocycles. The minimum absolute atomic E-state index is 0.356. The lowest BCUT2D eigenvalue weighted by atomic mass is 9.98. The van der Waals surface area contributed by atoms with E-state index in [9.17, 15) is 0 Å². The van der Waals surface area contributed by atoms with Crippen LogP contribution in [-0.2, 0) is 0 Å². The van der Waals surface area contributed by atoms with Crippen LogP contribution in [0.4, 0.5) is 0 Å². The lowest BCUT2D eigenvalue weighted by Crippen LogP contribution is -2.04. The van der Waals surface area contributed by atoms with Crippen LogP contribution in [0.15, 0.2) is 53.0 Å². The smallest absolute Gasteiger partial charge is 0.0998 e. The van der Waals surface area contributed by atoms with E-state index in [1.54, 1.807) is 18.2 Å². The Morgan fingerprint density at radius 3 is 2.24 bits per heavy atom. The van der Waals surface area contributed by atoms with Crippen LogP contribution >= 0.6 is 15.9 Å². The molecule has 0 aliphatic carbocycles. The van der Waals surface area contributed by atoms with Gasteiger partial charge in [0, 0.05) is 15.6 Å². The summed E-state index contributed by atoms with van der Waals surface area (Å²) < 4.78 is 0.859. The van der Waals surface area contributed by atoms with Gasteiger partial charge in [-0.2, -0.15) is 5.26 Å². The summed E-state index contributed by atoms with van der Waals surface area (Å²) in [6, 6.07) is 16.8. The summed E-state index contributed by atoms with van der Waals surface area (Å²) in [6.45, 7) is 0. The van der Waals surface area contributed by atoms with Crippen LogP contribution < -0.4 is 0 Å². The predicted octanol–water partition coefficient (Wildman–Crippen LogP) is 3.74. The van der Waals surface area contributed by atoms with Gasteiger partial charge < -0.3 is 0 Å². The third-order valence-corrected chi connectivity index (χ3v) is 3.15. The van der Waals surface area contributed by atoms with Gasteiger partial charge in [0.05, 0.1) is 17.3 Å². The zero-order chi connectivity index (χ0) is 12.3. The van der Waals surface area contributed by atoms with Crippen molar-refractivity contribution in [3.8, 4) is 6.07 Å². The quantitative estimate of drug-likeness (QED) is 0.839. The number of hydrogen-bond acceptors (Lipinski definition) is 2. The minimum Gasteiger partial charge on any atom is -0.300 e. The van der Waals surface area contributed by atoms with Crippen molar-refractivity contribution in [3.63, 3.8) is 0 Å². The van der Waals surface area contributed by atoms with Crippen LogP contribution in [0, 0.1) is 16.7 Å². The number of halogens is 1. The highest BCUT2D eigenvalue weighted by Gasteiger charge is 2.11. The lowest BCUT2D eigenvalue weighted by Gasteiger charge is -2.07. The van der Waals surface area contributed by atoms with Gasteiger partial charge in [0.25, 0.3) is 0 Å². The molecular formula is C14H9BrN2. The molecule has 0 aliphatic rings. The zero-order valence-electron chi connectivity index (χ0n) is 8.94. The molecule has 0 bridgehead atoms. The highest BCUT2D eigenvalue weighted by Crippen LogP contribution is 2.21. The molecule has 82 valence electrons. The Balaban J connectivity index is 2.53. The van der Waals surface area contributed by atoms with Gasteiger partial charge in [0.2, 0.25) is 0 Å². The molecule has 0 saturated heterocycles. The van der Waals surface area contributed by atoms with Gasteiger partial charge in [-0.05, 0) is 12.1 Å². The largest absolute Gasteiger partial charge is 0.300 e. The summed E-state index contributed by atoms with van der Waals surface area (Å²) >= 11 is 3.42. The first kappa shape index (κ1) is 11.6. The summed E-state index contributed by atoms with van der Waals surface area (Å²) in [4.78, 5) is 0. The van der Waals surface area contributed by atoms with Crippen molar-refractivity contribution < 1.29 is 0 Å². The number of nitrogens with zero attached hydrogens (tertiary/aromatic N) is 1. The van der Waals surface area contributed by atoms with Crippen molar-refractivity contribution in [2.75, 3.05) is 0 Å². The first-order chi connectivity index (χ1) is 8.24. The first-order valence-electron chi connectivity index (χ1n) is 5.07. The Morgan fingerprint density at radius 1 is 1.00 bits per heavy atom. The van der Waals surface area contributed by atoms with Gasteiger partial charge in [-0.15, -0.1) is 0 Å². The van der Waals surface area contributed by atoms with E-state index in [1.807, 2.05) is 30.3 Å². The zero-order valence-corrected chi connectivity index (χ0v) is 10.5. The van der Waals surface area contributed by atoms with E-state index in [2.05, 4.69) is 22.0 Å². The molecule has 0 atom stereocenters. The topological polar surface area (TPSA) is 47.6 Å². The van der Waals surface area contributed by atoms with Crippen molar-refractivity contribution in [1.29, 1.82) is 10.7 Å². The number of benzene rings is 2. The van der Waals surface area contributed by atoms with E-state index in [-0.39, 0.29) is 0 Å². The van der Waals surface area contributed by atoms with Crippen LogP contribution in [0.2, 0.25) is 0 Å². The maximum atomic E-state index is 9.03. The molecule has 0 unspecified atom stereocenters. The van der Waals surface area contributed by atoms with Crippen LogP contribution in [0.3, 0.4) is 0 Å². The van der Waals surface area contributed by atoms with E-state index in [0.29, 0.717) is 16.8 Å². The molecule has 3 heteroatoms. The molecule has 17 heavy (non-hydrogen) atoms. The first-order valence-corrected chi connectivity index (χ1v) is 5.86. The average Bonchev–Trinajstić information content (AvgIpc) is 2.38. The summed E-state index contributed by atoms with van der Waals surface area (Å²) in [5.41, 5.74) is 2.32. The van der Waals surface area contributed by atoms with Gasteiger partial charge in [0.15, 0.2) is 0 Å². The molecule has 2 nitrogen and oxygen atoms in total. The van der Waals surface area contributed by atoms with Crippen LogP contribution in [0.1, 0.15) is 16.7 Å². The fourth-order valence-corrected chi connectivity index (χ4v) is 2.09. The van der Waals surface area contributed by atoms with Gasteiger partial charge in [-0.1, -0.05) is 52.3 Å². The molecule has 2 aromatic rings. The van der Waals surface area contributed by atoms with Gasteiger partial charge in [-0.25, -0.2) is 0 Å². The Labute approximate surface area is 108 Å². The Hall–Kier alpha value is -1.92. The standard InChI is InChI=1S/C14H9BrN2/c15-13-8-4-3-7-12(13)14(17)11-6-2-1-5-10(11)9-16/h1-8,17H. The number of nitrogens with one attached hydrogen (secondary N) is 1. The highest BCUT2D eigenvalue weighted by molar-refractivity contribution is 9.10. The number of hydrogen-bond donors (Lipinski definition) is 1. The molecule has 0 amide bonds. The molecular weight excluding hydrogens is 276 g/mol. The Bertz CT molecular complexity index is 612. The molecule has 0 aliphatic heterocycles. The SMILES string of the molecule is N#Cc1ccccc1C(=N)c1ccccc1Br. The average molecular weight is 285 g/mol. The van der Waals surface area contributed by atoms with E-state index in [1.165, 1.54) is 0 Å². The molecule has 2 aromatic carbocycles. The molecule has 0 fully saturated rings. The molecule has 0 spiro atoms. The molecule has 1 N–H and O–H groups in total. The Morgan fingerprint density at radius 2 is 1.59 bits per heavy atom. The minimum atomic E-state index is 0.356. The molecule has 2 rings (SSSR count). The van der Waals surface area contributed by atoms with E-state index >= 15 is 0 Å². The van der Waals surface area contributed by atoms with Crippen LogP contribution in [0.25, 0.3) is 0 Å². The summed E-state index contributed by atoms with van der Waals surface area (Å²) in [6.07, 6.45) is 0. The van der Waals surface area contributed by atoms with E-state index < -0.39 is 0 Å². The second kappa shape index (κ2) is 4.94. The van der Waals surface area contributed by atoms with Crippen molar-refractivity contribution in [2.45, 2.75) is 0 Å². The maximum absolute atomic E-state index is 9.03. The molecule has 0 heterocycles. The maximum Gasteiger partial charge on any atom is 0.0998 e. The summed E-state index contributed by atoms with van der Waals surface area (Å²) in [5, 5.41) is 17.2. The van der Waals surface area contributed by atoms with Crippen molar-refractivity contribution in [1.82, 2.24) is 0 Å². The fraction of sp³-hybridized carbons (Fsp3) is 0. The predicted molar refractivity (Wildman–Crippen MR) is 71.2 cm³/mol. The van der Waals surface area contributed by atoms with Crippen molar-refractivity contribution in [3.05, 3.63) is 69.7 Å². The summed E-state index contributed by atoms with van der Waals surface area (Å²) in [5.74, 6) is 0. The van der Waals surface area contributed by atoms with E-state index in [4.69, 9.17) is 10.7 Å². The second-order valence-electron chi connectivity index (χ2n) is 3.51. The van der Waals surface area contributed by atoms with Crippen molar-refractivity contribution >= 4 is 21.6 Å². The van der Waals surface area contributed by atoms with Crippen LogP contribution in [0.5, 0.6) is 0 Å². The lowest BCUT2D eigenvalue weighted by molar-refractivity contribution is 1.41. The number of nitriles is 1. The van der Waals surface area contributed by atoms with Crippen molar-refractivity contribution in [2.24, 2.45) is 0 Å². The fourth-order valence-electron chi connectivity index (χ4n) is 1.61. The molecule has 0 aromatic heterocycles. The second-order valence-corrected chi connectivity index (χ2v) is 4.37. The third kappa shape index (κ3) is 2.27. The third-order valence-electron chi connectivity index (χ3n) is 2.46. The summed E-state index contributed by atoms with van der Waals surface area (Å²) in [7, 11) is 0. The van der Waals surface area contributed by atoms with Gasteiger partial charge in [-0.3, -0.25) is 5.41 Å². The molecule has 0 radical (unpaired) electrons. The monoisotopic (exact) mass is 284 g/mol. The Kier molecular flexibility index (Phi) is 3.36. The van der Waals surface area contributed by atoms with Crippen LogP contribution in [-0.4, -0.2) is 5.71 Å². The van der Waals surface area contributed by atoms with Gasteiger partial charge in [0.1, 0.15) is 0 Å². The highest BCUT2D eigenvalue weighted by atomic mass is 79.9. The normalized spacial score (nSPS) is 9.65.